The maximum atomic E-state index is 12.8. The molecule has 4 N–H and O–H groups in total. The van der Waals surface area contributed by atoms with Gasteiger partial charge in [-0.25, -0.2) is 4.98 Å². The monoisotopic (exact) mass is 485 g/mol. The predicted octanol–water partition coefficient (Wildman–Crippen LogP) is 3.31. The number of benzene rings is 1. The Morgan fingerprint density at radius 1 is 0.939 bits per heavy atom. The zero-order valence-electron chi connectivity index (χ0n) is 17.4. The van der Waals surface area contributed by atoms with Crippen molar-refractivity contribution in [3.8, 4) is 0 Å². The van der Waals surface area contributed by atoms with Crippen molar-refractivity contribution in [3.05, 3.63) is 75.7 Å². The molecule has 1 atom stereocenters. The number of carbonyl (C=O) groups is 2. The zero-order chi connectivity index (χ0) is 23.2. The number of hydrogen-bond donors (Lipinski definition) is 4. The van der Waals surface area contributed by atoms with Gasteiger partial charge in [0.15, 0.2) is 5.69 Å². The summed E-state index contributed by atoms with van der Waals surface area (Å²) in [6, 6.07) is 11.2. The van der Waals surface area contributed by atoms with Gasteiger partial charge in [0.2, 0.25) is 0 Å². The lowest BCUT2D eigenvalue weighted by atomic mass is 10.1. The van der Waals surface area contributed by atoms with Crippen molar-refractivity contribution in [3.63, 3.8) is 0 Å². The second kappa shape index (κ2) is 10.7. The summed E-state index contributed by atoms with van der Waals surface area (Å²) in [6.07, 6.45) is 2.45. The summed E-state index contributed by atoms with van der Waals surface area (Å²) in [5, 5.41) is 21.2. The summed E-state index contributed by atoms with van der Waals surface area (Å²) < 4.78 is 0. The van der Waals surface area contributed by atoms with Crippen molar-refractivity contribution in [2.75, 3.05) is 30.3 Å². The van der Waals surface area contributed by atoms with Crippen molar-refractivity contribution >= 4 is 46.5 Å². The summed E-state index contributed by atoms with van der Waals surface area (Å²) in [7, 11) is 0. The first-order valence-electron chi connectivity index (χ1n) is 10.3. The fourth-order valence-corrected chi connectivity index (χ4v) is 3.58. The number of hydrogen-bond acceptors (Lipinski definition) is 7. The van der Waals surface area contributed by atoms with E-state index >= 15 is 0 Å². The highest BCUT2D eigenvalue weighted by molar-refractivity contribution is 6.31. The smallest absolute Gasteiger partial charge is 0.276 e. The Morgan fingerprint density at radius 2 is 1.79 bits per heavy atom. The van der Waals surface area contributed by atoms with Gasteiger partial charge in [0, 0.05) is 17.8 Å². The summed E-state index contributed by atoms with van der Waals surface area (Å²) in [5.41, 5.74) is 1.33. The minimum atomic E-state index is -0.498. The van der Waals surface area contributed by atoms with E-state index in [9.17, 15) is 9.59 Å². The van der Waals surface area contributed by atoms with Gasteiger partial charge in [-0.05, 0) is 62.0 Å². The largest absolute Gasteiger partial charge is 0.320 e. The maximum absolute atomic E-state index is 12.8. The molecule has 0 radical (unpaired) electrons. The minimum absolute atomic E-state index is 0.0325. The zero-order valence-corrected chi connectivity index (χ0v) is 19.0. The number of nitrogens with one attached hydrogen (secondary N) is 4. The molecule has 1 aliphatic rings. The molecule has 2 aromatic heterocycles. The second-order valence-corrected chi connectivity index (χ2v) is 8.24. The lowest BCUT2D eigenvalue weighted by Gasteiger charge is -2.15. The van der Waals surface area contributed by atoms with E-state index in [0.29, 0.717) is 15.9 Å². The number of nitrogens with zero attached hydrogens (tertiary/aromatic N) is 3. The Morgan fingerprint density at radius 3 is 2.55 bits per heavy atom. The number of carbonyl (C=O) groups excluding carboxylic acids is 2. The molecule has 0 saturated carbocycles. The SMILES string of the molecule is O=C(Nc1ccc(Cl)cc1C(=O)Nc1ccc(Cl)cn1)c1ccc(C2CNCCCN2)nn1. The molecule has 1 unspecified atom stereocenters. The van der Waals surface area contributed by atoms with Gasteiger partial charge in [0.05, 0.1) is 28.0 Å². The van der Waals surface area contributed by atoms with E-state index in [1.165, 1.54) is 12.3 Å². The van der Waals surface area contributed by atoms with Crippen LogP contribution in [0.4, 0.5) is 11.5 Å². The molecular formula is C22H21Cl2N7O2. The van der Waals surface area contributed by atoms with Gasteiger partial charge in [-0.15, -0.1) is 5.10 Å². The number of halogens is 2. The van der Waals surface area contributed by atoms with Crippen LogP contribution >= 0.6 is 23.2 Å². The number of pyridine rings is 1. The highest BCUT2D eigenvalue weighted by atomic mass is 35.5. The van der Waals surface area contributed by atoms with Gasteiger partial charge in [0.25, 0.3) is 11.8 Å². The van der Waals surface area contributed by atoms with Crippen LogP contribution in [0.1, 0.15) is 39.0 Å². The molecule has 1 aromatic carbocycles. The molecule has 170 valence electrons. The van der Waals surface area contributed by atoms with Crippen LogP contribution < -0.4 is 21.3 Å². The average Bonchev–Trinajstić information content (AvgIpc) is 3.11. The summed E-state index contributed by atoms with van der Waals surface area (Å²) in [5.74, 6) is -0.678. The molecule has 0 bridgehead atoms. The van der Waals surface area contributed by atoms with Gasteiger partial charge in [-0.3, -0.25) is 9.59 Å². The minimum Gasteiger partial charge on any atom is -0.320 e. The molecule has 11 heteroatoms. The molecule has 9 nitrogen and oxygen atoms in total. The maximum Gasteiger partial charge on any atom is 0.276 e. The fraction of sp³-hybridized carbons (Fsp3) is 0.227. The first-order chi connectivity index (χ1) is 16.0. The van der Waals surface area contributed by atoms with Crippen LogP contribution in [0, 0.1) is 0 Å². The topological polar surface area (TPSA) is 121 Å². The lowest BCUT2D eigenvalue weighted by molar-refractivity contribution is 0.102. The average molecular weight is 486 g/mol. The van der Waals surface area contributed by atoms with Gasteiger partial charge in [-0.2, -0.15) is 5.10 Å². The van der Waals surface area contributed by atoms with E-state index in [2.05, 4.69) is 36.4 Å². The van der Waals surface area contributed by atoms with E-state index in [0.717, 1.165) is 31.7 Å². The van der Waals surface area contributed by atoms with Crippen molar-refractivity contribution in [1.82, 2.24) is 25.8 Å². The summed E-state index contributed by atoms with van der Waals surface area (Å²) >= 11 is 11.9. The van der Waals surface area contributed by atoms with Crippen LogP contribution in [-0.4, -0.2) is 46.6 Å². The van der Waals surface area contributed by atoms with E-state index in [-0.39, 0.29) is 23.0 Å². The predicted molar refractivity (Wildman–Crippen MR) is 127 cm³/mol. The van der Waals surface area contributed by atoms with Gasteiger partial charge in [0.1, 0.15) is 5.82 Å². The fourth-order valence-electron chi connectivity index (χ4n) is 3.30. The third-order valence-corrected chi connectivity index (χ3v) is 5.45. The highest BCUT2D eigenvalue weighted by Gasteiger charge is 2.19. The van der Waals surface area contributed by atoms with E-state index in [4.69, 9.17) is 23.2 Å². The first-order valence-corrected chi connectivity index (χ1v) is 11.1. The number of rotatable bonds is 5. The third kappa shape index (κ3) is 6.02. The molecule has 4 rings (SSSR count). The molecule has 0 spiro atoms. The molecule has 0 aliphatic carbocycles. The molecule has 3 heterocycles. The Hall–Kier alpha value is -3.11. The quantitative estimate of drug-likeness (QED) is 0.437. The third-order valence-electron chi connectivity index (χ3n) is 4.99. The Labute approximate surface area is 200 Å². The van der Waals surface area contributed by atoms with Crippen LogP contribution in [0.25, 0.3) is 0 Å². The van der Waals surface area contributed by atoms with Crippen molar-refractivity contribution < 1.29 is 9.59 Å². The van der Waals surface area contributed by atoms with Crippen LogP contribution in [-0.2, 0) is 0 Å². The summed E-state index contributed by atoms with van der Waals surface area (Å²) in [4.78, 5) is 29.6. The second-order valence-electron chi connectivity index (χ2n) is 7.37. The number of anilines is 2. The van der Waals surface area contributed by atoms with Crippen molar-refractivity contribution in [2.24, 2.45) is 0 Å². The van der Waals surface area contributed by atoms with E-state index in [1.807, 2.05) is 0 Å². The molecule has 1 saturated heterocycles. The molecule has 1 aliphatic heterocycles. The van der Waals surface area contributed by atoms with Gasteiger partial charge < -0.3 is 21.3 Å². The standard InChI is InChI=1S/C22H21Cl2N7O2/c23-13-2-4-16(15(10-13)21(32)29-20-7-3-14(24)11-27-20)28-22(33)18-6-5-17(30-31-18)19-12-25-8-1-9-26-19/h2-7,10-11,19,25-26H,1,8-9,12H2,(H,28,33)(H,27,29,32). The molecule has 1 fully saturated rings. The van der Waals surface area contributed by atoms with Gasteiger partial charge in [-0.1, -0.05) is 23.2 Å². The Bertz CT molecular complexity index is 1130. The lowest BCUT2D eigenvalue weighted by Crippen LogP contribution is -2.28. The van der Waals surface area contributed by atoms with Crippen LogP contribution in [0.5, 0.6) is 0 Å². The van der Waals surface area contributed by atoms with Crippen LogP contribution in [0.15, 0.2) is 48.7 Å². The van der Waals surface area contributed by atoms with Gasteiger partial charge >= 0.3 is 0 Å². The number of amides is 2. The highest BCUT2D eigenvalue weighted by Crippen LogP contribution is 2.23. The Balaban J connectivity index is 1.48. The van der Waals surface area contributed by atoms with Crippen molar-refractivity contribution in [1.29, 1.82) is 0 Å². The van der Waals surface area contributed by atoms with Crippen LogP contribution in [0.2, 0.25) is 10.0 Å². The number of aromatic nitrogens is 3. The molecule has 2 amide bonds. The normalized spacial score (nSPS) is 16.0. The molecule has 33 heavy (non-hydrogen) atoms. The van der Waals surface area contributed by atoms with E-state index in [1.54, 1.807) is 36.4 Å². The summed E-state index contributed by atoms with van der Waals surface area (Å²) in [6.45, 7) is 2.57. The van der Waals surface area contributed by atoms with Crippen LogP contribution in [0.3, 0.4) is 0 Å². The van der Waals surface area contributed by atoms with E-state index < -0.39 is 11.8 Å². The first kappa shape index (κ1) is 23.1. The molecule has 3 aromatic rings. The van der Waals surface area contributed by atoms with Crippen molar-refractivity contribution in [2.45, 2.75) is 12.5 Å². The Kier molecular flexibility index (Phi) is 7.46. The molecular weight excluding hydrogens is 465 g/mol.